The summed E-state index contributed by atoms with van der Waals surface area (Å²) in [4.78, 5) is 4.85. The highest BCUT2D eigenvalue weighted by atomic mass is 35.5. The molecule has 0 saturated carbocycles. The third kappa shape index (κ3) is 4.64. The molecule has 1 saturated heterocycles. The van der Waals surface area contributed by atoms with Crippen molar-refractivity contribution >= 4 is 11.6 Å². The largest absolute Gasteiger partial charge is 0.361 e. The molecule has 1 unspecified atom stereocenters. The van der Waals surface area contributed by atoms with E-state index in [1.54, 1.807) is 0 Å². The predicted molar refractivity (Wildman–Crippen MR) is 102 cm³/mol. The SMILES string of the molecule is Cc1noc(C)c1CN1CCCN(CC(C#N)c2ccc(Cl)cc2)CC1. The Morgan fingerprint density at radius 1 is 1.15 bits per heavy atom. The highest BCUT2D eigenvalue weighted by molar-refractivity contribution is 6.30. The lowest BCUT2D eigenvalue weighted by Gasteiger charge is -2.23. The Bertz CT molecular complexity index is 746. The molecular formula is C20H25ClN4O. The van der Waals surface area contributed by atoms with Gasteiger partial charge in [0.25, 0.3) is 0 Å². The number of hydrogen-bond acceptors (Lipinski definition) is 5. The monoisotopic (exact) mass is 372 g/mol. The lowest BCUT2D eigenvalue weighted by Crippen LogP contribution is -2.33. The first-order valence-electron chi connectivity index (χ1n) is 9.08. The van der Waals surface area contributed by atoms with Crippen molar-refractivity contribution in [2.45, 2.75) is 32.7 Å². The van der Waals surface area contributed by atoms with Gasteiger partial charge in [-0.25, -0.2) is 0 Å². The Balaban J connectivity index is 1.58. The second-order valence-corrected chi connectivity index (χ2v) is 7.40. The van der Waals surface area contributed by atoms with Gasteiger partial charge in [-0.15, -0.1) is 0 Å². The molecule has 1 aliphatic rings. The van der Waals surface area contributed by atoms with E-state index in [2.05, 4.69) is 21.0 Å². The van der Waals surface area contributed by atoms with Crippen LogP contribution in [0.4, 0.5) is 0 Å². The van der Waals surface area contributed by atoms with Crippen LogP contribution in [-0.2, 0) is 6.54 Å². The van der Waals surface area contributed by atoms with Crippen LogP contribution in [0.5, 0.6) is 0 Å². The van der Waals surface area contributed by atoms with Crippen molar-refractivity contribution in [2.75, 3.05) is 32.7 Å². The zero-order chi connectivity index (χ0) is 18.5. The summed E-state index contributed by atoms with van der Waals surface area (Å²) >= 11 is 5.96. The van der Waals surface area contributed by atoms with E-state index < -0.39 is 0 Å². The number of nitriles is 1. The van der Waals surface area contributed by atoms with Crippen molar-refractivity contribution in [3.05, 3.63) is 51.9 Å². The van der Waals surface area contributed by atoms with Crippen LogP contribution in [0.25, 0.3) is 0 Å². The molecular weight excluding hydrogens is 348 g/mol. The van der Waals surface area contributed by atoms with E-state index in [0.29, 0.717) is 5.02 Å². The van der Waals surface area contributed by atoms with Gasteiger partial charge in [-0.1, -0.05) is 28.9 Å². The fourth-order valence-corrected chi connectivity index (χ4v) is 3.62. The summed E-state index contributed by atoms with van der Waals surface area (Å²) in [5.41, 5.74) is 3.22. The average molecular weight is 373 g/mol. The number of aryl methyl sites for hydroxylation is 2. The summed E-state index contributed by atoms with van der Waals surface area (Å²) in [6, 6.07) is 10.1. The maximum absolute atomic E-state index is 9.60. The van der Waals surface area contributed by atoms with Crippen LogP contribution in [0.15, 0.2) is 28.8 Å². The molecule has 1 atom stereocenters. The van der Waals surface area contributed by atoms with Crippen LogP contribution in [0, 0.1) is 25.2 Å². The Labute approximate surface area is 160 Å². The third-order valence-electron chi connectivity index (χ3n) is 5.11. The predicted octanol–water partition coefficient (Wildman–Crippen LogP) is 3.76. The van der Waals surface area contributed by atoms with Gasteiger partial charge in [-0.2, -0.15) is 5.26 Å². The van der Waals surface area contributed by atoms with Crippen LogP contribution in [0.2, 0.25) is 5.02 Å². The number of halogens is 1. The number of rotatable bonds is 5. The molecule has 0 N–H and O–H groups in total. The van der Waals surface area contributed by atoms with E-state index in [0.717, 1.165) is 62.7 Å². The summed E-state index contributed by atoms with van der Waals surface area (Å²) in [5, 5.41) is 14.4. The first-order chi connectivity index (χ1) is 12.6. The zero-order valence-electron chi connectivity index (χ0n) is 15.4. The molecule has 1 aromatic heterocycles. The van der Waals surface area contributed by atoms with Gasteiger partial charge in [-0.05, 0) is 51.1 Å². The van der Waals surface area contributed by atoms with Crippen molar-refractivity contribution in [1.29, 1.82) is 5.26 Å². The molecule has 2 aromatic rings. The molecule has 0 amide bonds. The first kappa shape index (κ1) is 18.9. The fraction of sp³-hybridized carbons (Fsp3) is 0.500. The molecule has 5 nitrogen and oxygen atoms in total. The lowest BCUT2D eigenvalue weighted by atomic mass is 10.00. The summed E-state index contributed by atoms with van der Waals surface area (Å²) in [6.07, 6.45) is 1.10. The first-order valence-corrected chi connectivity index (χ1v) is 9.46. The second-order valence-electron chi connectivity index (χ2n) is 6.97. The Morgan fingerprint density at radius 3 is 2.50 bits per heavy atom. The third-order valence-corrected chi connectivity index (χ3v) is 5.37. The molecule has 6 heteroatoms. The van der Waals surface area contributed by atoms with Crippen LogP contribution in [0.1, 0.15) is 34.9 Å². The number of nitrogens with zero attached hydrogens (tertiary/aromatic N) is 4. The minimum Gasteiger partial charge on any atom is -0.361 e. The molecule has 1 aromatic carbocycles. The molecule has 0 spiro atoms. The summed E-state index contributed by atoms with van der Waals surface area (Å²) in [6.45, 7) is 9.65. The smallest absolute Gasteiger partial charge is 0.138 e. The lowest BCUT2D eigenvalue weighted by molar-refractivity contribution is 0.248. The van der Waals surface area contributed by atoms with Crippen LogP contribution in [0.3, 0.4) is 0 Å². The highest BCUT2D eigenvalue weighted by Gasteiger charge is 2.21. The molecule has 138 valence electrons. The minimum atomic E-state index is -0.124. The molecule has 0 radical (unpaired) electrons. The standard InChI is InChI=1S/C20H25ClN4O/c1-15-20(16(2)26-23-15)14-25-9-3-8-24(10-11-25)13-18(12-22)17-4-6-19(21)7-5-17/h4-7,18H,3,8-11,13-14H2,1-2H3. The van der Waals surface area contributed by atoms with Gasteiger partial charge in [0.15, 0.2) is 0 Å². The number of hydrogen-bond donors (Lipinski definition) is 0. The van der Waals surface area contributed by atoms with E-state index in [9.17, 15) is 5.26 Å². The van der Waals surface area contributed by atoms with Gasteiger partial charge in [-0.3, -0.25) is 4.90 Å². The maximum atomic E-state index is 9.60. The van der Waals surface area contributed by atoms with Gasteiger partial charge in [0.1, 0.15) is 5.76 Å². The van der Waals surface area contributed by atoms with Gasteiger partial charge in [0, 0.05) is 36.8 Å². The van der Waals surface area contributed by atoms with Crippen molar-refractivity contribution in [3.63, 3.8) is 0 Å². The van der Waals surface area contributed by atoms with Crippen LogP contribution in [-0.4, -0.2) is 47.7 Å². The Morgan fingerprint density at radius 2 is 1.85 bits per heavy atom. The second kappa shape index (κ2) is 8.68. The normalized spacial score (nSPS) is 17.6. The average Bonchev–Trinajstić information content (AvgIpc) is 2.84. The zero-order valence-corrected chi connectivity index (χ0v) is 16.2. The topological polar surface area (TPSA) is 56.3 Å². The fourth-order valence-electron chi connectivity index (χ4n) is 3.49. The van der Waals surface area contributed by atoms with Crippen molar-refractivity contribution in [1.82, 2.24) is 15.0 Å². The summed E-state index contributed by atoms with van der Waals surface area (Å²) in [5.74, 6) is 0.789. The van der Waals surface area contributed by atoms with E-state index in [-0.39, 0.29) is 5.92 Å². The summed E-state index contributed by atoms with van der Waals surface area (Å²) in [7, 11) is 0. The highest BCUT2D eigenvalue weighted by Crippen LogP contribution is 2.21. The van der Waals surface area contributed by atoms with Gasteiger partial charge in [0.2, 0.25) is 0 Å². The molecule has 1 fully saturated rings. The minimum absolute atomic E-state index is 0.124. The summed E-state index contributed by atoms with van der Waals surface area (Å²) < 4.78 is 5.28. The van der Waals surface area contributed by atoms with Gasteiger partial charge >= 0.3 is 0 Å². The quantitative estimate of drug-likeness (QED) is 0.799. The molecule has 0 aliphatic carbocycles. The molecule has 0 bridgehead atoms. The van der Waals surface area contributed by atoms with Gasteiger partial charge < -0.3 is 9.42 Å². The van der Waals surface area contributed by atoms with E-state index in [1.807, 2.05) is 38.1 Å². The maximum Gasteiger partial charge on any atom is 0.138 e. The van der Waals surface area contributed by atoms with Crippen molar-refractivity contribution in [2.24, 2.45) is 0 Å². The van der Waals surface area contributed by atoms with E-state index in [1.165, 1.54) is 5.56 Å². The van der Waals surface area contributed by atoms with Crippen LogP contribution >= 0.6 is 11.6 Å². The molecule has 2 heterocycles. The molecule has 1 aliphatic heterocycles. The Kier molecular flexibility index (Phi) is 6.31. The van der Waals surface area contributed by atoms with Gasteiger partial charge in [0.05, 0.1) is 17.7 Å². The van der Waals surface area contributed by atoms with E-state index in [4.69, 9.17) is 16.1 Å². The van der Waals surface area contributed by atoms with E-state index >= 15 is 0 Å². The van der Waals surface area contributed by atoms with Crippen molar-refractivity contribution in [3.8, 4) is 6.07 Å². The number of benzene rings is 1. The Hall–Kier alpha value is -1.87. The van der Waals surface area contributed by atoms with Crippen molar-refractivity contribution < 1.29 is 4.52 Å². The number of aromatic nitrogens is 1. The molecule has 3 rings (SSSR count). The molecule has 26 heavy (non-hydrogen) atoms. The van der Waals surface area contributed by atoms with Crippen LogP contribution < -0.4 is 0 Å².